The maximum atomic E-state index is 13.3. The van der Waals surface area contributed by atoms with Crippen LogP contribution in [0.4, 0.5) is 0 Å². The molecule has 4 fully saturated rings. The summed E-state index contributed by atoms with van der Waals surface area (Å²) >= 11 is 0. The van der Waals surface area contributed by atoms with Crippen molar-refractivity contribution in [3.63, 3.8) is 0 Å². The SMILES string of the molecule is CC(C)[C@@H](C)[C@@H](O)[C@@H](O)[C@@H](C)[C@@H]1CC[C@@H]2[C@H]3CC(=O)[C@@H]4C[C@H](O)[C@@H](O)C[C@@]4(C)[C@@H]3CC[C@]21C. The standard InChI is InChI=1S/C28H48O5/c1-14(2)15(3)25(32)26(33)16(4)18-7-8-19-17-11-22(29)21-12-23(30)24(31)13-28(21,6)20(17)9-10-27(18,19)5/h14-21,23-26,30-33H,7-13H2,1-6H3/t15-,16+,17-,18+,19-,20-,21+,23+,24+,25-,26+,27+,28+/m1/s1. The van der Waals surface area contributed by atoms with Crippen molar-refractivity contribution >= 4 is 5.78 Å². The number of carbonyl (C=O) groups excluding carboxylic acids is 1. The van der Waals surface area contributed by atoms with Crippen molar-refractivity contribution in [3.8, 4) is 0 Å². The van der Waals surface area contributed by atoms with Gasteiger partial charge in [0.15, 0.2) is 0 Å². The van der Waals surface area contributed by atoms with E-state index >= 15 is 0 Å². The minimum absolute atomic E-state index is 0.0158. The van der Waals surface area contributed by atoms with E-state index in [1.165, 1.54) is 0 Å². The van der Waals surface area contributed by atoms with Gasteiger partial charge in [-0.2, -0.15) is 0 Å². The average Bonchev–Trinajstić information content (AvgIpc) is 3.10. The Bertz CT molecular complexity index is 738. The van der Waals surface area contributed by atoms with Crippen LogP contribution in [-0.4, -0.2) is 50.6 Å². The van der Waals surface area contributed by atoms with Crippen LogP contribution in [0.15, 0.2) is 0 Å². The summed E-state index contributed by atoms with van der Waals surface area (Å²) in [5, 5.41) is 42.8. The summed E-state index contributed by atoms with van der Waals surface area (Å²) in [7, 11) is 0. The molecular weight excluding hydrogens is 416 g/mol. The van der Waals surface area contributed by atoms with Crippen LogP contribution in [0, 0.1) is 58.2 Å². The van der Waals surface area contributed by atoms with Crippen LogP contribution in [0.5, 0.6) is 0 Å². The highest BCUT2D eigenvalue weighted by atomic mass is 16.3. The molecule has 190 valence electrons. The number of ketones is 1. The lowest BCUT2D eigenvalue weighted by molar-refractivity contribution is -0.175. The number of hydrogen-bond acceptors (Lipinski definition) is 5. The lowest BCUT2D eigenvalue weighted by atomic mass is 9.44. The summed E-state index contributed by atoms with van der Waals surface area (Å²) in [6.45, 7) is 12.9. The number of aliphatic hydroxyl groups excluding tert-OH is 4. The molecule has 0 aromatic rings. The van der Waals surface area contributed by atoms with Crippen molar-refractivity contribution in [3.05, 3.63) is 0 Å². The van der Waals surface area contributed by atoms with Gasteiger partial charge in [0.25, 0.3) is 0 Å². The second kappa shape index (κ2) is 8.87. The minimum atomic E-state index is -0.782. The van der Waals surface area contributed by atoms with Crippen molar-refractivity contribution in [2.45, 2.75) is 111 Å². The topological polar surface area (TPSA) is 98.0 Å². The summed E-state index contributed by atoms with van der Waals surface area (Å²) in [6.07, 6.45) is 2.80. The highest BCUT2D eigenvalue weighted by Gasteiger charge is 2.63. The summed E-state index contributed by atoms with van der Waals surface area (Å²) < 4.78 is 0. The first-order valence-electron chi connectivity index (χ1n) is 13.6. The van der Waals surface area contributed by atoms with Gasteiger partial charge in [0.1, 0.15) is 5.78 Å². The smallest absolute Gasteiger partial charge is 0.136 e. The highest BCUT2D eigenvalue weighted by Crippen LogP contribution is 2.67. The minimum Gasteiger partial charge on any atom is -0.390 e. The fourth-order valence-corrected chi connectivity index (χ4v) is 9.23. The normalized spacial score (nSPS) is 49.1. The first-order valence-corrected chi connectivity index (χ1v) is 13.6. The van der Waals surface area contributed by atoms with Gasteiger partial charge in [-0.25, -0.2) is 0 Å². The number of Topliss-reactive ketones (excluding diaryl/α,β-unsaturated/α-hetero) is 1. The third-order valence-corrected chi connectivity index (χ3v) is 11.7. The van der Waals surface area contributed by atoms with Gasteiger partial charge in [-0.3, -0.25) is 4.79 Å². The molecule has 33 heavy (non-hydrogen) atoms. The second-order valence-electron chi connectivity index (χ2n) is 13.4. The highest BCUT2D eigenvalue weighted by molar-refractivity contribution is 5.83. The van der Waals surface area contributed by atoms with Crippen molar-refractivity contribution in [1.82, 2.24) is 0 Å². The van der Waals surface area contributed by atoms with Gasteiger partial charge in [0.2, 0.25) is 0 Å². The molecule has 0 saturated heterocycles. The van der Waals surface area contributed by atoms with E-state index in [4.69, 9.17) is 0 Å². The summed E-state index contributed by atoms with van der Waals surface area (Å²) in [4.78, 5) is 13.3. The van der Waals surface area contributed by atoms with E-state index in [1.807, 2.05) is 6.92 Å². The Balaban J connectivity index is 1.56. The third kappa shape index (κ3) is 3.93. The number of carbonyl (C=O) groups is 1. The van der Waals surface area contributed by atoms with E-state index < -0.39 is 24.4 Å². The molecule has 13 atom stereocenters. The first kappa shape index (κ1) is 25.6. The van der Waals surface area contributed by atoms with E-state index in [0.29, 0.717) is 48.9 Å². The molecule has 0 aromatic carbocycles. The largest absolute Gasteiger partial charge is 0.390 e. The molecule has 0 bridgehead atoms. The van der Waals surface area contributed by atoms with Gasteiger partial charge in [-0.15, -0.1) is 0 Å². The Kier molecular flexibility index (Phi) is 6.88. The van der Waals surface area contributed by atoms with E-state index in [9.17, 15) is 25.2 Å². The summed E-state index contributed by atoms with van der Waals surface area (Å²) in [5.74, 6) is 2.05. The van der Waals surface area contributed by atoms with E-state index in [2.05, 4.69) is 34.6 Å². The zero-order valence-electron chi connectivity index (χ0n) is 21.6. The van der Waals surface area contributed by atoms with Crippen molar-refractivity contribution in [1.29, 1.82) is 0 Å². The molecule has 0 amide bonds. The van der Waals surface area contributed by atoms with Gasteiger partial charge >= 0.3 is 0 Å². The molecule has 0 heterocycles. The van der Waals surface area contributed by atoms with Crippen LogP contribution in [0.2, 0.25) is 0 Å². The van der Waals surface area contributed by atoms with Crippen LogP contribution < -0.4 is 0 Å². The molecule has 0 aromatic heterocycles. The molecule has 4 saturated carbocycles. The van der Waals surface area contributed by atoms with Crippen molar-refractivity contribution in [2.24, 2.45) is 58.2 Å². The molecule has 4 rings (SSSR count). The summed E-state index contributed by atoms with van der Waals surface area (Å²) in [5.41, 5.74) is -0.162. The van der Waals surface area contributed by atoms with Crippen molar-refractivity contribution in [2.75, 3.05) is 0 Å². The molecular formula is C28H48O5. The maximum Gasteiger partial charge on any atom is 0.136 e. The van der Waals surface area contributed by atoms with Crippen molar-refractivity contribution < 1.29 is 25.2 Å². The first-order chi connectivity index (χ1) is 15.3. The Morgan fingerprint density at radius 3 is 2.15 bits per heavy atom. The lowest BCUT2D eigenvalue weighted by Crippen LogP contribution is -2.59. The van der Waals surface area contributed by atoms with E-state index in [0.717, 1.165) is 25.7 Å². The number of fused-ring (bicyclic) bond motifs is 5. The van der Waals surface area contributed by atoms with Gasteiger partial charge in [-0.05, 0) is 90.8 Å². The molecule has 0 aliphatic heterocycles. The fraction of sp³-hybridized carbons (Fsp3) is 0.964. The zero-order valence-corrected chi connectivity index (χ0v) is 21.6. The maximum absolute atomic E-state index is 13.3. The van der Waals surface area contributed by atoms with Gasteiger partial charge < -0.3 is 20.4 Å². The van der Waals surface area contributed by atoms with Gasteiger partial charge in [0.05, 0.1) is 24.4 Å². The van der Waals surface area contributed by atoms with Crippen LogP contribution in [0.3, 0.4) is 0 Å². The van der Waals surface area contributed by atoms with E-state index in [1.54, 1.807) is 0 Å². The summed E-state index contributed by atoms with van der Waals surface area (Å²) in [6, 6.07) is 0. The molecule has 4 N–H and O–H groups in total. The van der Waals surface area contributed by atoms with Crippen LogP contribution >= 0.6 is 0 Å². The molecule has 0 unspecified atom stereocenters. The molecule has 5 nitrogen and oxygen atoms in total. The number of aliphatic hydroxyl groups is 4. The Hall–Kier alpha value is -0.490. The fourth-order valence-electron chi connectivity index (χ4n) is 9.23. The molecule has 0 radical (unpaired) electrons. The molecule has 0 spiro atoms. The predicted octanol–water partition coefficient (Wildman–Crippen LogP) is 3.81. The molecule has 5 heteroatoms. The zero-order chi connectivity index (χ0) is 24.5. The number of rotatable bonds is 5. The van der Waals surface area contributed by atoms with Crippen LogP contribution in [0.25, 0.3) is 0 Å². The number of hydrogen-bond donors (Lipinski definition) is 4. The van der Waals surface area contributed by atoms with Gasteiger partial charge in [0, 0.05) is 12.3 Å². The van der Waals surface area contributed by atoms with E-state index in [-0.39, 0.29) is 34.4 Å². The lowest BCUT2D eigenvalue weighted by Gasteiger charge is -2.61. The monoisotopic (exact) mass is 464 g/mol. The third-order valence-electron chi connectivity index (χ3n) is 11.7. The molecule has 4 aliphatic rings. The van der Waals surface area contributed by atoms with Crippen LogP contribution in [-0.2, 0) is 4.79 Å². The Labute approximate surface area is 200 Å². The Morgan fingerprint density at radius 2 is 1.52 bits per heavy atom. The quantitative estimate of drug-likeness (QED) is 0.496. The average molecular weight is 465 g/mol. The Morgan fingerprint density at radius 1 is 0.879 bits per heavy atom. The molecule has 4 aliphatic carbocycles. The van der Waals surface area contributed by atoms with Gasteiger partial charge in [-0.1, -0.05) is 41.5 Å². The van der Waals surface area contributed by atoms with Crippen LogP contribution in [0.1, 0.15) is 86.5 Å². The predicted molar refractivity (Wildman–Crippen MR) is 128 cm³/mol. The second-order valence-corrected chi connectivity index (χ2v) is 13.4.